The van der Waals surface area contributed by atoms with Crippen LogP contribution in [0.4, 0.5) is 11.5 Å². The van der Waals surface area contributed by atoms with Crippen molar-refractivity contribution in [1.29, 1.82) is 0 Å². The average Bonchev–Trinajstić information content (AvgIpc) is 2.33. The van der Waals surface area contributed by atoms with E-state index in [2.05, 4.69) is 15.3 Å². The van der Waals surface area contributed by atoms with E-state index in [1.165, 1.54) is 0 Å². The number of aryl methyl sites for hydroxylation is 1. The van der Waals surface area contributed by atoms with Crippen molar-refractivity contribution in [1.82, 2.24) is 9.97 Å². The summed E-state index contributed by atoms with van der Waals surface area (Å²) in [4.78, 5) is 8.52. The molecule has 0 unspecified atom stereocenters. The lowest BCUT2D eigenvalue weighted by Crippen LogP contribution is -2.08. The molecular weight excluding hydrogens is 212 g/mol. The number of nitrogen functional groups attached to an aromatic ring is 1. The van der Waals surface area contributed by atoms with E-state index in [9.17, 15) is 0 Å². The first-order valence-electron chi connectivity index (χ1n) is 5.61. The molecule has 2 rings (SSSR count). The van der Waals surface area contributed by atoms with Gasteiger partial charge in [-0.3, -0.25) is 4.98 Å². The molecule has 0 bridgehead atoms. The SMILES string of the molecule is Cc1cc(N)cnc1NCCc1ccccn1. The molecule has 2 aromatic heterocycles. The molecule has 0 aliphatic heterocycles. The molecule has 0 spiro atoms. The second kappa shape index (κ2) is 5.30. The Labute approximate surface area is 101 Å². The van der Waals surface area contributed by atoms with Crippen LogP contribution in [0.1, 0.15) is 11.3 Å². The molecule has 0 aliphatic carbocycles. The van der Waals surface area contributed by atoms with E-state index >= 15 is 0 Å². The van der Waals surface area contributed by atoms with Crippen molar-refractivity contribution in [2.75, 3.05) is 17.6 Å². The maximum absolute atomic E-state index is 5.65. The Morgan fingerprint density at radius 1 is 1.29 bits per heavy atom. The fourth-order valence-corrected chi connectivity index (χ4v) is 1.64. The minimum absolute atomic E-state index is 0.692. The van der Waals surface area contributed by atoms with Crippen LogP contribution in [0.5, 0.6) is 0 Å². The fourth-order valence-electron chi connectivity index (χ4n) is 1.64. The molecule has 2 heterocycles. The molecule has 17 heavy (non-hydrogen) atoms. The van der Waals surface area contributed by atoms with E-state index in [4.69, 9.17) is 5.73 Å². The molecule has 0 aliphatic rings. The molecule has 0 aromatic carbocycles. The Hall–Kier alpha value is -2.10. The third kappa shape index (κ3) is 3.17. The van der Waals surface area contributed by atoms with Crippen LogP contribution in [0.3, 0.4) is 0 Å². The van der Waals surface area contributed by atoms with Gasteiger partial charge in [-0.2, -0.15) is 0 Å². The van der Waals surface area contributed by atoms with Crippen LogP contribution in [0, 0.1) is 6.92 Å². The standard InChI is InChI=1S/C13H16N4/c1-10-8-11(14)9-17-13(10)16-7-5-12-4-2-3-6-15-12/h2-4,6,8-9H,5,7,14H2,1H3,(H,16,17). The van der Waals surface area contributed by atoms with Crippen LogP contribution < -0.4 is 11.1 Å². The van der Waals surface area contributed by atoms with Gasteiger partial charge in [0, 0.05) is 24.9 Å². The quantitative estimate of drug-likeness (QED) is 0.840. The van der Waals surface area contributed by atoms with Crippen LogP contribution in [-0.4, -0.2) is 16.5 Å². The average molecular weight is 228 g/mol. The van der Waals surface area contributed by atoms with Gasteiger partial charge in [-0.05, 0) is 30.7 Å². The summed E-state index contributed by atoms with van der Waals surface area (Å²) in [5, 5.41) is 3.28. The molecule has 0 amide bonds. The lowest BCUT2D eigenvalue weighted by atomic mass is 10.2. The summed E-state index contributed by atoms with van der Waals surface area (Å²) in [5.74, 6) is 0.884. The zero-order valence-electron chi connectivity index (χ0n) is 9.85. The first-order chi connectivity index (χ1) is 8.25. The minimum Gasteiger partial charge on any atom is -0.397 e. The largest absolute Gasteiger partial charge is 0.397 e. The van der Waals surface area contributed by atoms with E-state index < -0.39 is 0 Å². The van der Waals surface area contributed by atoms with Gasteiger partial charge in [-0.15, -0.1) is 0 Å². The van der Waals surface area contributed by atoms with E-state index in [1.807, 2.05) is 37.4 Å². The van der Waals surface area contributed by atoms with Crippen molar-refractivity contribution >= 4 is 11.5 Å². The number of aromatic nitrogens is 2. The third-order valence-corrected chi connectivity index (χ3v) is 2.50. The molecule has 0 atom stereocenters. The molecule has 0 fully saturated rings. The summed E-state index contributed by atoms with van der Waals surface area (Å²) < 4.78 is 0. The number of anilines is 2. The summed E-state index contributed by atoms with van der Waals surface area (Å²) >= 11 is 0. The summed E-state index contributed by atoms with van der Waals surface area (Å²) in [7, 11) is 0. The highest BCUT2D eigenvalue weighted by Crippen LogP contribution is 2.13. The highest BCUT2D eigenvalue weighted by atomic mass is 15.0. The van der Waals surface area contributed by atoms with Crippen molar-refractivity contribution in [3.05, 3.63) is 47.9 Å². The molecule has 4 nitrogen and oxygen atoms in total. The molecule has 0 saturated heterocycles. The van der Waals surface area contributed by atoms with Crippen molar-refractivity contribution in [2.24, 2.45) is 0 Å². The van der Waals surface area contributed by atoms with Gasteiger partial charge in [0.15, 0.2) is 0 Å². The summed E-state index contributed by atoms with van der Waals surface area (Å²) in [6.07, 6.45) is 4.35. The minimum atomic E-state index is 0.692. The number of pyridine rings is 2. The number of nitrogens with zero attached hydrogens (tertiary/aromatic N) is 2. The van der Waals surface area contributed by atoms with E-state index in [0.29, 0.717) is 5.69 Å². The summed E-state index contributed by atoms with van der Waals surface area (Å²) in [6.45, 7) is 2.81. The molecule has 0 saturated carbocycles. The lowest BCUT2D eigenvalue weighted by molar-refractivity contribution is 0.951. The van der Waals surface area contributed by atoms with Crippen LogP contribution in [0.25, 0.3) is 0 Å². The Morgan fingerprint density at radius 2 is 2.18 bits per heavy atom. The van der Waals surface area contributed by atoms with Gasteiger partial charge in [-0.1, -0.05) is 6.07 Å². The van der Waals surface area contributed by atoms with Gasteiger partial charge < -0.3 is 11.1 Å². The van der Waals surface area contributed by atoms with E-state index in [1.54, 1.807) is 6.20 Å². The lowest BCUT2D eigenvalue weighted by Gasteiger charge is -2.08. The maximum Gasteiger partial charge on any atom is 0.129 e. The highest BCUT2D eigenvalue weighted by Gasteiger charge is 2.00. The molecule has 3 N–H and O–H groups in total. The number of nitrogens with two attached hydrogens (primary N) is 1. The third-order valence-electron chi connectivity index (χ3n) is 2.50. The summed E-state index contributed by atoms with van der Waals surface area (Å²) in [5.41, 5.74) is 8.48. The Kier molecular flexibility index (Phi) is 3.55. The van der Waals surface area contributed by atoms with Gasteiger partial charge in [0.25, 0.3) is 0 Å². The monoisotopic (exact) mass is 228 g/mol. The predicted molar refractivity (Wildman–Crippen MR) is 69.8 cm³/mol. The van der Waals surface area contributed by atoms with Crippen molar-refractivity contribution in [3.8, 4) is 0 Å². The topological polar surface area (TPSA) is 63.8 Å². The number of nitrogens with one attached hydrogen (secondary N) is 1. The van der Waals surface area contributed by atoms with E-state index in [-0.39, 0.29) is 0 Å². The van der Waals surface area contributed by atoms with Gasteiger partial charge in [-0.25, -0.2) is 4.98 Å². The van der Waals surface area contributed by atoms with Crippen LogP contribution >= 0.6 is 0 Å². The van der Waals surface area contributed by atoms with Gasteiger partial charge in [0.2, 0.25) is 0 Å². The fraction of sp³-hybridized carbons (Fsp3) is 0.231. The zero-order valence-corrected chi connectivity index (χ0v) is 9.85. The maximum atomic E-state index is 5.65. The molecule has 4 heteroatoms. The first kappa shape index (κ1) is 11.4. The van der Waals surface area contributed by atoms with Crippen molar-refractivity contribution in [2.45, 2.75) is 13.3 Å². The Balaban J connectivity index is 1.90. The van der Waals surface area contributed by atoms with E-state index in [0.717, 1.165) is 30.0 Å². The van der Waals surface area contributed by atoms with Crippen LogP contribution in [0.15, 0.2) is 36.7 Å². The molecule has 0 radical (unpaired) electrons. The van der Waals surface area contributed by atoms with Crippen molar-refractivity contribution in [3.63, 3.8) is 0 Å². The zero-order chi connectivity index (χ0) is 12.1. The second-order valence-electron chi connectivity index (χ2n) is 3.93. The second-order valence-corrected chi connectivity index (χ2v) is 3.93. The molecule has 2 aromatic rings. The summed E-state index contributed by atoms with van der Waals surface area (Å²) in [6, 6.07) is 7.85. The number of hydrogen-bond donors (Lipinski definition) is 2. The van der Waals surface area contributed by atoms with Crippen LogP contribution in [-0.2, 0) is 6.42 Å². The normalized spacial score (nSPS) is 10.2. The number of hydrogen-bond acceptors (Lipinski definition) is 4. The molecular formula is C13H16N4. The Bertz CT molecular complexity index is 482. The van der Waals surface area contributed by atoms with Gasteiger partial charge in [0.05, 0.1) is 11.9 Å². The van der Waals surface area contributed by atoms with Gasteiger partial charge >= 0.3 is 0 Å². The van der Waals surface area contributed by atoms with Gasteiger partial charge in [0.1, 0.15) is 5.82 Å². The predicted octanol–water partition coefficient (Wildman–Crippen LogP) is 2.02. The van der Waals surface area contributed by atoms with Crippen molar-refractivity contribution < 1.29 is 0 Å². The first-order valence-corrected chi connectivity index (χ1v) is 5.61. The Morgan fingerprint density at radius 3 is 2.88 bits per heavy atom. The molecule has 88 valence electrons. The highest BCUT2D eigenvalue weighted by molar-refractivity contribution is 5.50. The van der Waals surface area contributed by atoms with Crippen LogP contribution in [0.2, 0.25) is 0 Å². The number of rotatable bonds is 4. The smallest absolute Gasteiger partial charge is 0.129 e.